The first kappa shape index (κ1) is 16.9. The summed E-state index contributed by atoms with van der Waals surface area (Å²) in [5.41, 5.74) is 1.48. The highest BCUT2D eigenvalue weighted by molar-refractivity contribution is 5.76. The molecule has 0 aliphatic carbocycles. The van der Waals surface area contributed by atoms with Crippen LogP contribution < -0.4 is 10.9 Å². The van der Waals surface area contributed by atoms with E-state index < -0.39 is 0 Å². The molecule has 0 atom stereocenters. The lowest BCUT2D eigenvalue weighted by molar-refractivity contribution is -0.121. The number of aromatic amines is 1. The summed E-state index contributed by atoms with van der Waals surface area (Å²) in [5.74, 6) is -0.140. The molecule has 1 saturated heterocycles. The van der Waals surface area contributed by atoms with E-state index in [1.807, 2.05) is 18.2 Å². The number of fused-ring (bicyclic) bond motifs is 1. The fourth-order valence-corrected chi connectivity index (χ4v) is 2.68. The zero-order valence-corrected chi connectivity index (χ0v) is 13.8. The molecule has 25 heavy (non-hydrogen) atoms. The minimum absolute atomic E-state index is 0.140. The average molecular weight is 344 g/mol. The van der Waals surface area contributed by atoms with Gasteiger partial charge in [-0.15, -0.1) is 0 Å². The number of aryl methyl sites for hydroxylation is 1. The Morgan fingerprint density at radius 3 is 2.96 bits per heavy atom. The highest BCUT2D eigenvalue weighted by Crippen LogP contribution is 2.07. The number of amides is 2. The van der Waals surface area contributed by atoms with Crippen molar-refractivity contribution in [1.29, 1.82) is 0 Å². The Bertz CT molecular complexity index is 833. The summed E-state index contributed by atoms with van der Waals surface area (Å²) in [6.07, 6.45) is 0.841. The van der Waals surface area contributed by atoms with Gasteiger partial charge in [0.05, 0.1) is 17.6 Å². The number of para-hydroxylation sites is 2. The van der Waals surface area contributed by atoms with Crippen molar-refractivity contribution >= 4 is 23.0 Å². The van der Waals surface area contributed by atoms with Crippen molar-refractivity contribution in [1.82, 2.24) is 20.2 Å². The smallest absolute Gasteiger partial charge is 0.409 e. The number of hydrogen-bond acceptors (Lipinski definition) is 5. The number of nitrogens with zero attached hydrogens (tertiary/aromatic N) is 2. The van der Waals surface area contributed by atoms with Crippen LogP contribution in [-0.2, 0) is 16.0 Å². The van der Waals surface area contributed by atoms with Gasteiger partial charge in [-0.2, -0.15) is 0 Å². The molecule has 2 N–H and O–H groups in total. The zero-order valence-electron chi connectivity index (χ0n) is 13.8. The third-order valence-corrected chi connectivity index (χ3v) is 4.03. The predicted octanol–water partition coefficient (Wildman–Crippen LogP) is 0.814. The quantitative estimate of drug-likeness (QED) is 0.724. The molecule has 1 aliphatic heterocycles. The topological polar surface area (TPSA) is 104 Å². The van der Waals surface area contributed by atoms with Crippen molar-refractivity contribution in [2.24, 2.45) is 0 Å². The minimum atomic E-state index is -0.298. The van der Waals surface area contributed by atoms with Gasteiger partial charge in [-0.3, -0.25) is 9.59 Å². The summed E-state index contributed by atoms with van der Waals surface area (Å²) in [6, 6.07) is 7.28. The van der Waals surface area contributed by atoms with Crippen LogP contribution in [0.5, 0.6) is 0 Å². The van der Waals surface area contributed by atoms with Gasteiger partial charge in [-0.05, 0) is 18.6 Å². The molecule has 3 rings (SSSR count). The maximum absolute atomic E-state index is 12.0. The largest absolute Gasteiger partial charge is 0.448 e. The molecular formula is C17H20N4O4. The lowest BCUT2D eigenvalue weighted by atomic mass is 10.2. The number of benzene rings is 1. The Balaban J connectivity index is 1.43. The van der Waals surface area contributed by atoms with Crippen LogP contribution in [0.25, 0.3) is 11.0 Å². The molecule has 2 amide bonds. The van der Waals surface area contributed by atoms with Crippen molar-refractivity contribution < 1.29 is 14.3 Å². The van der Waals surface area contributed by atoms with Crippen molar-refractivity contribution in [3.05, 3.63) is 40.3 Å². The summed E-state index contributed by atoms with van der Waals surface area (Å²) in [7, 11) is 0. The molecule has 0 bridgehead atoms. The zero-order chi connectivity index (χ0) is 17.6. The molecule has 0 unspecified atom stereocenters. The molecule has 0 radical (unpaired) electrons. The summed E-state index contributed by atoms with van der Waals surface area (Å²) in [5, 5.41) is 2.79. The predicted molar refractivity (Wildman–Crippen MR) is 91.2 cm³/mol. The molecule has 1 aliphatic rings. The van der Waals surface area contributed by atoms with E-state index >= 15 is 0 Å². The van der Waals surface area contributed by atoms with Crippen molar-refractivity contribution in [3.63, 3.8) is 0 Å². The van der Waals surface area contributed by atoms with Crippen molar-refractivity contribution in [3.8, 4) is 0 Å². The fourth-order valence-electron chi connectivity index (χ4n) is 2.68. The fraction of sp³-hybridized carbons (Fsp3) is 0.412. The molecule has 8 heteroatoms. The van der Waals surface area contributed by atoms with E-state index in [0.29, 0.717) is 49.4 Å². The molecule has 0 saturated carbocycles. The van der Waals surface area contributed by atoms with E-state index in [0.717, 1.165) is 0 Å². The van der Waals surface area contributed by atoms with E-state index in [1.54, 1.807) is 11.0 Å². The Kier molecular flexibility index (Phi) is 5.27. The van der Waals surface area contributed by atoms with E-state index in [9.17, 15) is 14.4 Å². The molecule has 2 aromatic rings. The molecule has 0 spiro atoms. The Morgan fingerprint density at radius 1 is 1.32 bits per heavy atom. The van der Waals surface area contributed by atoms with Gasteiger partial charge in [0, 0.05) is 25.9 Å². The van der Waals surface area contributed by atoms with Crippen LogP contribution >= 0.6 is 0 Å². The maximum Gasteiger partial charge on any atom is 0.409 e. The standard InChI is InChI=1S/C17H20N4O4/c22-15(18-8-3-9-21-10-11-25-17(21)24)7-6-14-16(23)20-13-5-2-1-4-12(13)19-14/h1-2,4-5H,3,6-11H2,(H,18,22)(H,20,23). The Morgan fingerprint density at radius 2 is 2.16 bits per heavy atom. The Labute approximate surface area is 144 Å². The summed E-state index contributed by atoms with van der Waals surface area (Å²) in [4.78, 5) is 43.9. The summed E-state index contributed by atoms with van der Waals surface area (Å²) < 4.78 is 4.83. The second-order valence-electron chi connectivity index (χ2n) is 5.83. The third-order valence-electron chi connectivity index (χ3n) is 4.03. The average Bonchev–Trinajstić information content (AvgIpc) is 3.02. The van der Waals surface area contributed by atoms with Gasteiger partial charge in [0.15, 0.2) is 0 Å². The van der Waals surface area contributed by atoms with Crippen LogP contribution in [0.4, 0.5) is 4.79 Å². The van der Waals surface area contributed by atoms with Crippen LogP contribution in [0.15, 0.2) is 29.1 Å². The molecule has 1 aromatic carbocycles. The van der Waals surface area contributed by atoms with Crippen molar-refractivity contribution in [2.45, 2.75) is 19.3 Å². The Hall–Kier alpha value is -2.90. The lowest BCUT2D eigenvalue weighted by Gasteiger charge is -2.12. The maximum atomic E-state index is 12.0. The first-order valence-electron chi connectivity index (χ1n) is 8.30. The first-order valence-corrected chi connectivity index (χ1v) is 8.30. The molecule has 1 aromatic heterocycles. The molecule has 132 valence electrons. The molecule has 8 nitrogen and oxygen atoms in total. The van der Waals surface area contributed by atoms with Gasteiger partial charge >= 0.3 is 6.09 Å². The number of ether oxygens (including phenoxy) is 1. The number of aromatic nitrogens is 2. The highest BCUT2D eigenvalue weighted by Gasteiger charge is 2.20. The number of carbonyl (C=O) groups is 2. The summed E-state index contributed by atoms with van der Waals surface area (Å²) >= 11 is 0. The van der Waals surface area contributed by atoms with Crippen molar-refractivity contribution in [2.75, 3.05) is 26.2 Å². The number of H-pyrrole nitrogens is 1. The van der Waals surface area contributed by atoms with Crippen LogP contribution in [0.3, 0.4) is 0 Å². The van der Waals surface area contributed by atoms with Gasteiger partial charge in [0.2, 0.25) is 5.91 Å². The number of hydrogen-bond donors (Lipinski definition) is 2. The van der Waals surface area contributed by atoms with Gasteiger partial charge in [0.1, 0.15) is 12.3 Å². The van der Waals surface area contributed by atoms with E-state index in [1.165, 1.54) is 0 Å². The monoisotopic (exact) mass is 344 g/mol. The van der Waals surface area contributed by atoms with E-state index in [-0.39, 0.29) is 30.4 Å². The van der Waals surface area contributed by atoms with Gasteiger partial charge in [0.25, 0.3) is 5.56 Å². The second-order valence-corrected chi connectivity index (χ2v) is 5.83. The van der Waals surface area contributed by atoms with Crippen LogP contribution in [0.2, 0.25) is 0 Å². The molecule has 2 heterocycles. The molecule has 1 fully saturated rings. The van der Waals surface area contributed by atoms with Crippen LogP contribution in [0.1, 0.15) is 18.5 Å². The lowest BCUT2D eigenvalue weighted by Crippen LogP contribution is -2.30. The SMILES string of the molecule is O=C(CCc1nc2ccccc2[nH]c1=O)NCCCN1CCOC1=O. The van der Waals surface area contributed by atoms with E-state index in [2.05, 4.69) is 15.3 Å². The minimum Gasteiger partial charge on any atom is -0.448 e. The number of cyclic esters (lactones) is 1. The number of nitrogens with one attached hydrogen (secondary N) is 2. The van der Waals surface area contributed by atoms with E-state index in [4.69, 9.17) is 4.74 Å². The van der Waals surface area contributed by atoms with Crippen LogP contribution in [-0.4, -0.2) is 53.1 Å². The normalized spacial score (nSPS) is 13.9. The number of rotatable bonds is 7. The van der Waals surface area contributed by atoms with Gasteiger partial charge in [-0.25, -0.2) is 9.78 Å². The van der Waals surface area contributed by atoms with Crippen LogP contribution in [0, 0.1) is 0 Å². The van der Waals surface area contributed by atoms with Gasteiger partial charge in [-0.1, -0.05) is 12.1 Å². The number of carbonyl (C=O) groups excluding carboxylic acids is 2. The van der Waals surface area contributed by atoms with Gasteiger partial charge < -0.3 is 19.9 Å². The third kappa shape index (κ3) is 4.34. The second kappa shape index (κ2) is 7.78. The summed E-state index contributed by atoms with van der Waals surface area (Å²) in [6.45, 7) is 2.07. The highest BCUT2D eigenvalue weighted by atomic mass is 16.6. The molecular weight excluding hydrogens is 324 g/mol. The first-order chi connectivity index (χ1) is 12.1.